The van der Waals surface area contributed by atoms with E-state index in [-0.39, 0.29) is 11.9 Å². The highest BCUT2D eigenvalue weighted by Crippen LogP contribution is 2.23. The predicted molar refractivity (Wildman–Crippen MR) is 120 cm³/mol. The lowest BCUT2D eigenvalue weighted by Crippen LogP contribution is -2.38. The monoisotopic (exact) mass is 387 g/mol. The molecule has 0 radical (unpaired) electrons. The van der Waals surface area contributed by atoms with Crippen LogP contribution in [0.4, 0.5) is 5.69 Å². The van der Waals surface area contributed by atoms with E-state index in [0.29, 0.717) is 6.54 Å². The minimum absolute atomic E-state index is 0.0154. The van der Waals surface area contributed by atoms with Gasteiger partial charge in [0, 0.05) is 24.2 Å². The molecule has 1 aliphatic rings. The van der Waals surface area contributed by atoms with E-state index >= 15 is 0 Å². The third-order valence-electron chi connectivity index (χ3n) is 5.75. The van der Waals surface area contributed by atoms with Crippen LogP contribution in [0, 0.1) is 0 Å². The smallest absolute Gasteiger partial charge is 0.241 e. The second-order valence-corrected chi connectivity index (χ2v) is 7.87. The minimum Gasteiger partial charge on any atom is -0.324 e. The molecule has 0 saturated carbocycles. The highest BCUT2D eigenvalue weighted by atomic mass is 16.2. The van der Waals surface area contributed by atoms with Crippen molar-refractivity contribution >= 4 is 22.4 Å². The van der Waals surface area contributed by atoms with Gasteiger partial charge in [0.15, 0.2) is 0 Å². The summed E-state index contributed by atoms with van der Waals surface area (Å²) in [5.74, 6) is -0.0154. The highest BCUT2D eigenvalue weighted by Gasteiger charge is 2.16. The second kappa shape index (κ2) is 9.21. The number of hydrogen-bond acceptors (Lipinski definition) is 3. The summed E-state index contributed by atoms with van der Waals surface area (Å²) in [5.41, 5.74) is 3.48. The number of nitrogens with zero attached hydrogens (tertiary/aromatic N) is 1. The third-order valence-corrected chi connectivity index (χ3v) is 5.75. The predicted octanol–water partition coefficient (Wildman–Crippen LogP) is 4.55. The van der Waals surface area contributed by atoms with Crippen LogP contribution >= 0.6 is 0 Å². The fourth-order valence-corrected chi connectivity index (χ4v) is 4.00. The molecule has 1 fully saturated rings. The van der Waals surface area contributed by atoms with E-state index < -0.39 is 0 Å². The number of rotatable bonds is 7. The van der Waals surface area contributed by atoms with Crippen molar-refractivity contribution in [3.63, 3.8) is 0 Å². The van der Waals surface area contributed by atoms with Gasteiger partial charge in [-0.2, -0.15) is 0 Å². The van der Waals surface area contributed by atoms with E-state index in [1.807, 2.05) is 37.3 Å². The Kier molecular flexibility index (Phi) is 6.23. The van der Waals surface area contributed by atoms with Gasteiger partial charge in [0.05, 0.1) is 6.04 Å². The number of amides is 1. The van der Waals surface area contributed by atoms with Gasteiger partial charge in [0.1, 0.15) is 0 Å². The zero-order valence-corrected chi connectivity index (χ0v) is 17.0. The zero-order valence-electron chi connectivity index (χ0n) is 17.0. The van der Waals surface area contributed by atoms with Crippen LogP contribution in [0.3, 0.4) is 0 Å². The van der Waals surface area contributed by atoms with Crippen molar-refractivity contribution in [1.29, 1.82) is 0 Å². The van der Waals surface area contributed by atoms with E-state index in [1.54, 1.807) is 0 Å². The van der Waals surface area contributed by atoms with Crippen LogP contribution in [0.1, 0.15) is 30.9 Å². The number of likely N-dealkylation sites (tertiary alicyclic amines) is 1. The molecule has 2 N–H and O–H groups in total. The summed E-state index contributed by atoms with van der Waals surface area (Å²) < 4.78 is 0. The minimum atomic E-state index is -0.284. The Morgan fingerprint density at radius 2 is 1.62 bits per heavy atom. The van der Waals surface area contributed by atoms with Gasteiger partial charge < -0.3 is 10.6 Å². The average molecular weight is 388 g/mol. The van der Waals surface area contributed by atoms with E-state index in [2.05, 4.69) is 51.9 Å². The molecular weight excluding hydrogens is 358 g/mol. The molecule has 0 spiro atoms. The van der Waals surface area contributed by atoms with Crippen molar-refractivity contribution < 1.29 is 4.79 Å². The van der Waals surface area contributed by atoms with Crippen molar-refractivity contribution in [3.8, 4) is 0 Å². The van der Waals surface area contributed by atoms with Gasteiger partial charge in [-0.15, -0.1) is 0 Å². The molecule has 4 rings (SSSR count). The first-order valence-electron chi connectivity index (χ1n) is 10.5. The molecule has 150 valence electrons. The standard InChI is InChI=1S/C25H29N3O/c1-19(25(29)27-24-14-8-12-20-9-4-5-13-23(20)24)26-17-21-10-2-3-11-22(21)18-28-15-6-7-16-28/h2-5,8-14,19,26H,6-7,15-18H2,1H3,(H,27,29)/t19-/m1/s1. The van der Waals surface area contributed by atoms with E-state index in [1.165, 1.54) is 37.1 Å². The Labute approximate surface area is 172 Å². The van der Waals surface area contributed by atoms with Gasteiger partial charge in [-0.05, 0) is 55.4 Å². The molecule has 1 atom stereocenters. The van der Waals surface area contributed by atoms with Crippen LogP contribution in [0.5, 0.6) is 0 Å². The lowest BCUT2D eigenvalue weighted by Gasteiger charge is -2.19. The second-order valence-electron chi connectivity index (χ2n) is 7.87. The summed E-state index contributed by atoms with van der Waals surface area (Å²) >= 11 is 0. The molecule has 3 aromatic rings. The van der Waals surface area contributed by atoms with Crippen molar-refractivity contribution in [2.24, 2.45) is 0 Å². The van der Waals surface area contributed by atoms with Crippen LogP contribution in [0.2, 0.25) is 0 Å². The Morgan fingerprint density at radius 1 is 0.931 bits per heavy atom. The molecule has 1 aliphatic heterocycles. The molecule has 0 unspecified atom stereocenters. The van der Waals surface area contributed by atoms with Gasteiger partial charge in [-0.25, -0.2) is 0 Å². The zero-order chi connectivity index (χ0) is 20.1. The Hall–Kier alpha value is -2.69. The summed E-state index contributed by atoms with van der Waals surface area (Å²) in [5, 5.41) is 8.67. The number of benzene rings is 3. The highest BCUT2D eigenvalue weighted by molar-refractivity contribution is 6.03. The molecule has 0 bridgehead atoms. The van der Waals surface area contributed by atoms with Gasteiger partial charge in [-0.1, -0.05) is 60.7 Å². The Balaban J connectivity index is 1.38. The molecule has 4 heteroatoms. The summed E-state index contributed by atoms with van der Waals surface area (Å²) in [6.45, 7) is 5.98. The first-order chi connectivity index (χ1) is 14.2. The third kappa shape index (κ3) is 4.84. The fraction of sp³-hybridized carbons (Fsp3) is 0.320. The van der Waals surface area contributed by atoms with Crippen LogP contribution in [0.25, 0.3) is 10.8 Å². The maximum atomic E-state index is 12.8. The number of carbonyl (C=O) groups is 1. The first kappa shape index (κ1) is 19.6. The fourth-order valence-electron chi connectivity index (χ4n) is 4.00. The topological polar surface area (TPSA) is 44.4 Å². The molecular formula is C25H29N3O. The molecule has 4 nitrogen and oxygen atoms in total. The maximum Gasteiger partial charge on any atom is 0.241 e. The largest absolute Gasteiger partial charge is 0.324 e. The molecule has 1 heterocycles. The average Bonchev–Trinajstić information content (AvgIpc) is 3.26. The number of hydrogen-bond donors (Lipinski definition) is 2. The van der Waals surface area contributed by atoms with E-state index in [0.717, 1.165) is 23.0 Å². The van der Waals surface area contributed by atoms with Crippen LogP contribution in [0.15, 0.2) is 66.7 Å². The summed E-state index contributed by atoms with van der Waals surface area (Å²) in [6.07, 6.45) is 2.59. The van der Waals surface area contributed by atoms with E-state index in [4.69, 9.17) is 0 Å². The quantitative estimate of drug-likeness (QED) is 0.625. The van der Waals surface area contributed by atoms with Crippen molar-refractivity contribution in [3.05, 3.63) is 77.9 Å². The van der Waals surface area contributed by atoms with Gasteiger partial charge >= 0.3 is 0 Å². The SMILES string of the molecule is C[C@@H](NCc1ccccc1CN1CCCC1)C(=O)Nc1cccc2ccccc12. The molecule has 1 amide bonds. The molecule has 1 saturated heterocycles. The van der Waals surface area contributed by atoms with Crippen molar-refractivity contribution in [2.45, 2.75) is 38.9 Å². The molecule has 0 aliphatic carbocycles. The summed E-state index contributed by atoms with van der Waals surface area (Å²) in [6, 6.07) is 22.4. The van der Waals surface area contributed by atoms with E-state index in [9.17, 15) is 4.79 Å². The summed E-state index contributed by atoms with van der Waals surface area (Å²) in [4.78, 5) is 15.3. The normalized spacial score (nSPS) is 15.5. The molecule has 0 aromatic heterocycles. The van der Waals surface area contributed by atoms with Crippen molar-refractivity contribution in [1.82, 2.24) is 10.2 Å². The number of carbonyl (C=O) groups excluding carboxylic acids is 1. The van der Waals surface area contributed by atoms with Crippen molar-refractivity contribution in [2.75, 3.05) is 18.4 Å². The van der Waals surface area contributed by atoms with Gasteiger partial charge in [0.2, 0.25) is 5.91 Å². The molecule has 3 aromatic carbocycles. The number of fused-ring (bicyclic) bond motifs is 1. The number of nitrogens with one attached hydrogen (secondary N) is 2. The summed E-state index contributed by atoms with van der Waals surface area (Å²) in [7, 11) is 0. The first-order valence-corrected chi connectivity index (χ1v) is 10.5. The molecule has 29 heavy (non-hydrogen) atoms. The Bertz CT molecular complexity index is 973. The lowest BCUT2D eigenvalue weighted by molar-refractivity contribution is -0.117. The Morgan fingerprint density at radius 3 is 2.45 bits per heavy atom. The van der Waals surface area contributed by atoms with Crippen LogP contribution in [-0.2, 0) is 17.9 Å². The van der Waals surface area contributed by atoms with Gasteiger partial charge in [-0.3, -0.25) is 9.69 Å². The lowest BCUT2D eigenvalue weighted by atomic mass is 10.1. The maximum absolute atomic E-state index is 12.8. The van der Waals surface area contributed by atoms with Crippen LogP contribution in [-0.4, -0.2) is 29.9 Å². The van der Waals surface area contributed by atoms with Gasteiger partial charge in [0.25, 0.3) is 0 Å². The number of anilines is 1. The van der Waals surface area contributed by atoms with Crippen LogP contribution < -0.4 is 10.6 Å².